The van der Waals surface area contributed by atoms with Crippen LogP contribution in [0.25, 0.3) is 0 Å². The van der Waals surface area contributed by atoms with Crippen LogP contribution < -0.4 is 4.74 Å². The zero-order chi connectivity index (χ0) is 15.9. The Kier molecular flexibility index (Phi) is 5.86. The lowest BCUT2D eigenvalue weighted by molar-refractivity contribution is 0.0721. The summed E-state index contributed by atoms with van der Waals surface area (Å²) in [5.74, 6) is 0.452. The maximum Gasteiger partial charge on any atom is 0.233 e. The van der Waals surface area contributed by atoms with Gasteiger partial charge in [-0.25, -0.2) is 0 Å². The minimum Gasteiger partial charge on any atom is -0.474 e. The van der Waals surface area contributed by atoms with E-state index < -0.39 is 6.10 Å². The maximum atomic E-state index is 10.1. The van der Waals surface area contributed by atoms with Crippen molar-refractivity contribution in [3.63, 3.8) is 0 Å². The Bertz CT molecular complexity index is 590. The van der Waals surface area contributed by atoms with Crippen molar-refractivity contribution in [1.29, 1.82) is 0 Å². The average molecular weight is 301 g/mol. The normalized spacial score (nSPS) is 12.4. The molecule has 22 heavy (non-hydrogen) atoms. The van der Waals surface area contributed by atoms with Gasteiger partial charge in [0.15, 0.2) is 0 Å². The van der Waals surface area contributed by atoms with Gasteiger partial charge in [0, 0.05) is 19.2 Å². The first-order valence-electron chi connectivity index (χ1n) is 7.39. The van der Waals surface area contributed by atoms with Gasteiger partial charge in [-0.2, -0.15) is 5.10 Å². The molecular weight excluding hydrogens is 278 g/mol. The number of aromatic nitrogens is 2. The molecule has 0 aliphatic heterocycles. The molecule has 0 fully saturated rings. The van der Waals surface area contributed by atoms with Gasteiger partial charge in [0.25, 0.3) is 0 Å². The summed E-state index contributed by atoms with van der Waals surface area (Å²) < 4.78 is 5.50. The van der Waals surface area contributed by atoms with Crippen LogP contribution >= 0.6 is 0 Å². The molecule has 0 aliphatic carbocycles. The number of aryl methyl sites for hydroxylation is 2. The number of hydrogen-bond donors (Lipinski definition) is 1. The number of nitrogens with zero attached hydrogens (tertiary/aromatic N) is 3. The topological polar surface area (TPSA) is 58.5 Å². The van der Waals surface area contributed by atoms with E-state index in [4.69, 9.17) is 4.74 Å². The second-order valence-electron chi connectivity index (χ2n) is 5.60. The highest BCUT2D eigenvalue weighted by atomic mass is 16.5. The van der Waals surface area contributed by atoms with E-state index in [1.165, 1.54) is 5.56 Å². The van der Waals surface area contributed by atoms with E-state index in [-0.39, 0.29) is 6.61 Å². The van der Waals surface area contributed by atoms with Gasteiger partial charge in [0.2, 0.25) is 5.88 Å². The minimum absolute atomic E-state index is 0.205. The molecule has 5 heteroatoms. The molecule has 1 aromatic carbocycles. The summed E-state index contributed by atoms with van der Waals surface area (Å²) in [5.41, 5.74) is 3.13. The second-order valence-corrected chi connectivity index (χ2v) is 5.60. The van der Waals surface area contributed by atoms with E-state index in [0.717, 1.165) is 17.8 Å². The van der Waals surface area contributed by atoms with Crippen LogP contribution in [0.4, 0.5) is 0 Å². The van der Waals surface area contributed by atoms with E-state index in [2.05, 4.69) is 27.2 Å². The van der Waals surface area contributed by atoms with Crippen LogP contribution in [0.2, 0.25) is 0 Å². The fourth-order valence-corrected chi connectivity index (χ4v) is 2.15. The Morgan fingerprint density at radius 2 is 1.91 bits per heavy atom. The molecule has 2 aromatic rings. The molecular formula is C17H23N3O2. The fraction of sp³-hybridized carbons (Fsp3) is 0.412. The van der Waals surface area contributed by atoms with Gasteiger partial charge >= 0.3 is 0 Å². The monoisotopic (exact) mass is 301 g/mol. The fourth-order valence-electron chi connectivity index (χ4n) is 2.15. The van der Waals surface area contributed by atoms with Gasteiger partial charge < -0.3 is 9.84 Å². The zero-order valence-electron chi connectivity index (χ0n) is 13.4. The standard InChI is InChI=1S/C17H23N3O2/c1-13-9-17(19-18-14(13)2)22-12-16(21)11-20(3)10-15-7-5-4-6-8-15/h4-9,16,21H,10-12H2,1-3H3. The zero-order valence-corrected chi connectivity index (χ0v) is 13.4. The number of ether oxygens (including phenoxy) is 1. The van der Waals surface area contributed by atoms with Crippen LogP contribution in [-0.2, 0) is 6.54 Å². The molecule has 0 saturated carbocycles. The maximum absolute atomic E-state index is 10.1. The van der Waals surface area contributed by atoms with Crippen LogP contribution in [0.5, 0.6) is 5.88 Å². The van der Waals surface area contributed by atoms with Gasteiger partial charge in [-0.1, -0.05) is 30.3 Å². The third-order valence-corrected chi connectivity index (χ3v) is 3.45. The number of hydrogen-bond acceptors (Lipinski definition) is 5. The second kappa shape index (κ2) is 7.87. The summed E-state index contributed by atoms with van der Waals surface area (Å²) in [6.45, 7) is 5.39. The van der Waals surface area contributed by atoms with E-state index in [9.17, 15) is 5.11 Å². The van der Waals surface area contributed by atoms with Crippen molar-refractivity contribution >= 4 is 0 Å². The molecule has 0 bridgehead atoms. The summed E-state index contributed by atoms with van der Waals surface area (Å²) in [5, 5.41) is 18.0. The van der Waals surface area contributed by atoms with Crippen molar-refractivity contribution < 1.29 is 9.84 Å². The van der Waals surface area contributed by atoms with E-state index >= 15 is 0 Å². The predicted octanol–water partition coefficient (Wildman–Crippen LogP) is 1.97. The summed E-state index contributed by atoms with van der Waals surface area (Å²) in [6.07, 6.45) is -0.572. The molecule has 1 unspecified atom stereocenters. The molecule has 118 valence electrons. The van der Waals surface area contributed by atoms with Gasteiger partial charge in [-0.3, -0.25) is 4.90 Å². The quantitative estimate of drug-likeness (QED) is 0.847. The molecule has 0 amide bonds. The molecule has 1 heterocycles. The molecule has 0 radical (unpaired) electrons. The van der Waals surface area contributed by atoms with Crippen LogP contribution in [0, 0.1) is 13.8 Å². The molecule has 1 aromatic heterocycles. The number of likely N-dealkylation sites (N-methyl/N-ethyl adjacent to an activating group) is 1. The van der Waals surface area contributed by atoms with Crippen molar-refractivity contribution in [2.75, 3.05) is 20.2 Å². The van der Waals surface area contributed by atoms with E-state index in [0.29, 0.717) is 12.4 Å². The lowest BCUT2D eigenvalue weighted by atomic mass is 10.2. The van der Waals surface area contributed by atoms with Crippen LogP contribution in [0.1, 0.15) is 16.8 Å². The third kappa shape index (κ3) is 5.09. The van der Waals surface area contributed by atoms with Crippen molar-refractivity contribution in [2.45, 2.75) is 26.5 Å². The van der Waals surface area contributed by atoms with Crippen LogP contribution in [0.15, 0.2) is 36.4 Å². The van der Waals surface area contributed by atoms with Crippen LogP contribution in [-0.4, -0.2) is 46.5 Å². The number of benzene rings is 1. The van der Waals surface area contributed by atoms with Gasteiger partial charge in [0.1, 0.15) is 12.7 Å². The lowest BCUT2D eigenvalue weighted by Crippen LogP contribution is -2.32. The van der Waals surface area contributed by atoms with Crippen LogP contribution in [0.3, 0.4) is 0 Å². The molecule has 5 nitrogen and oxygen atoms in total. The highest BCUT2D eigenvalue weighted by Gasteiger charge is 2.10. The molecule has 0 aliphatic rings. The first-order valence-corrected chi connectivity index (χ1v) is 7.39. The van der Waals surface area contributed by atoms with Gasteiger partial charge in [0.05, 0.1) is 5.69 Å². The molecule has 0 spiro atoms. The molecule has 1 atom stereocenters. The Labute approximate surface area is 131 Å². The molecule has 2 rings (SSSR count). The summed E-state index contributed by atoms with van der Waals surface area (Å²) >= 11 is 0. The van der Waals surface area contributed by atoms with Crippen molar-refractivity contribution in [3.8, 4) is 5.88 Å². The van der Waals surface area contributed by atoms with Gasteiger partial charge in [-0.15, -0.1) is 5.10 Å². The highest BCUT2D eigenvalue weighted by Crippen LogP contribution is 2.10. The highest BCUT2D eigenvalue weighted by molar-refractivity contribution is 5.21. The summed E-state index contributed by atoms with van der Waals surface area (Å²) in [4.78, 5) is 2.06. The summed E-state index contributed by atoms with van der Waals surface area (Å²) in [7, 11) is 1.98. The van der Waals surface area contributed by atoms with E-state index in [1.54, 1.807) is 0 Å². The lowest BCUT2D eigenvalue weighted by Gasteiger charge is -2.20. The first kappa shape index (κ1) is 16.4. The Hall–Kier alpha value is -1.98. The summed E-state index contributed by atoms with van der Waals surface area (Å²) in [6, 6.07) is 12.0. The number of aliphatic hydroxyl groups is 1. The Morgan fingerprint density at radius 3 is 2.59 bits per heavy atom. The number of rotatable bonds is 7. The minimum atomic E-state index is -0.572. The van der Waals surface area contributed by atoms with E-state index in [1.807, 2.05) is 45.2 Å². The smallest absolute Gasteiger partial charge is 0.233 e. The van der Waals surface area contributed by atoms with Crippen molar-refractivity contribution in [3.05, 3.63) is 53.2 Å². The molecule has 1 N–H and O–H groups in total. The predicted molar refractivity (Wildman–Crippen MR) is 85.8 cm³/mol. The largest absolute Gasteiger partial charge is 0.474 e. The Morgan fingerprint density at radius 1 is 1.18 bits per heavy atom. The first-order chi connectivity index (χ1) is 10.5. The number of aliphatic hydroxyl groups excluding tert-OH is 1. The van der Waals surface area contributed by atoms with Crippen molar-refractivity contribution in [1.82, 2.24) is 15.1 Å². The molecule has 0 saturated heterocycles. The van der Waals surface area contributed by atoms with Gasteiger partial charge in [-0.05, 0) is 32.0 Å². The third-order valence-electron chi connectivity index (χ3n) is 3.45. The average Bonchev–Trinajstić information content (AvgIpc) is 2.49. The SMILES string of the molecule is Cc1cc(OCC(O)CN(C)Cc2ccccc2)nnc1C. The van der Waals surface area contributed by atoms with Crippen molar-refractivity contribution in [2.24, 2.45) is 0 Å². The Balaban J connectivity index is 1.77.